The van der Waals surface area contributed by atoms with Crippen molar-refractivity contribution in [2.24, 2.45) is 0 Å². The molecule has 0 atom stereocenters. The molecule has 0 aliphatic carbocycles. The third-order valence-corrected chi connectivity index (χ3v) is 2.98. The van der Waals surface area contributed by atoms with E-state index in [1.165, 1.54) is 12.1 Å². The van der Waals surface area contributed by atoms with E-state index in [1.807, 2.05) is 0 Å². The molecule has 0 fully saturated rings. The molecule has 2 rings (SSSR count). The molecule has 0 radical (unpaired) electrons. The molecule has 0 spiro atoms. The van der Waals surface area contributed by atoms with Gasteiger partial charge in [0.1, 0.15) is 12.4 Å². The normalized spacial score (nSPS) is 10.2. The molecule has 0 aliphatic heterocycles. The smallest absolute Gasteiger partial charge is 0.338 e. The first-order valence-electron chi connectivity index (χ1n) is 5.53. The van der Waals surface area contributed by atoms with E-state index in [0.717, 1.165) is 4.47 Å². The van der Waals surface area contributed by atoms with Crippen LogP contribution >= 0.6 is 15.9 Å². The van der Waals surface area contributed by atoms with Gasteiger partial charge in [0.25, 0.3) is 0 Å². The largest absolute Gasteiger partial charge is 0.457 e. The van der Waals surface area contributed by atoms with Crippen LogP contribution in [0.4, 0.5) is 10.1 Å². The van der Waals surface area contributed by atoms with Crippen LogP contribution in [0.2, 0.25) is 0 Å². The Kier molecular flexibility index (Phi) is 4.16. The molecule has 2 N–H and O–H groups in total. The molecule has 2 aromatic rings. The van der Waals surface area contributed by atoms with Crippen molar-refractivity contribution in [1.29, 1.82) is 0 Å². The monoisotopic (exact) mass is 323 g/mol. The molecule has 98 valence electrons. The van der Waals surface area contributed by atoms with Gasteiger partial charge in [-0.05, 0) is 36.4 Å². The summed E-state index contributed by atoms with van der Waals surface area (Å²) in [6.45, 7) is -0.126. The third kappa shape index (κ3) is 3.54. The summed E-state index contributed by atoms with van der Waals surface area (Å²) in [4.78, 5) is 11.8. The van der Waals surface area contributed by atoms with Crippen molar-refractivity contribution in [2.75, 3.05) is 5.73 Å². The second kappa shape index (κ2) is 5.84. The minimum atomic E-state index is -0.535. The molecule has 2 aromatic carbocycles. The zero-order valence-electron chi connectivity index (χ0n) is 9.90. The van der Waals surface area contributed by atoms with Crippen molar-refractivity contribution in [3.63, 3.8) is 0 Å². The van der Waals surface area contributed by atoms with Gasteiger partial charge in [0, 0.05) is 15.7 Å². The Morgan fingerprint density at radius 3 is 2.79 bits per heavy atom. The van der Waals surface area contributed by atoms with Crippen molar-refractivity contribution < 1.29 is 13.9 Å². The summed E-state index contributed by atoms with van der Waals surface area (Å²) < 4.78 is 19.2. The van der Waals surface area contributed by atoms with Crippen LogP contribution in [0.15, 0.2) is 46.9 Å². The maximum atomic E-state index is 13.5. The van der Waals surface area contributed by atoms with Crippen LogP contribution in [0, 0.1) is 5.82 Å². The average molecular weight is 324 g/mol. The van der Waals surface area contributed by atoms with E-state index >= 15 is 0 Å². The molecule has 0 bridgehead atoms. The zero-order chi connectivity index (χ0) is 13.8. The highest BCUT2D eigenvalue weighted by atomic mass is 79.9. The molecule has 0 aromatic heterocycles. The highest BCUT2D eigenvalue weighted by Gasteiger charge is 2.10. The topological polar surface area (TPSA) is 52.3 Å². The zero-order valence-corrected chi connectivity index (χ0v) is 11.5. The molecule has 0 saturated carbocycles. The third-order valence-electron chi connectivity index (χ3n) is 2.49. The summed E-state index contributed by atoms with van der Waals surface area (Å²) in [7, 11) is 0. The van der Waals surface area contributed by atoms with E-state index in [0.29, 0.717) is 16.8 Å². The van der Waals surface area contributed by atoms with Gasteiger partial charge in [0.05, 0.1) is 5.56 Å². The first kappa shape index (κ1) is 13.5. The Bertz CT molecular complexity index is 616. The quantitative estimate of drug-likeness (QED) is 0.694. The van der Waals surface area contributed by atoms with Crippen LogP contribution in [0.5, 0.6) is 0 Å². The Morgan fingerprint density at radius 1 is 1.26 bits per heavy atom. The SMILES string of the molecule is Nc1cccc(C(=O)OCc2cc(Br)ccc2F)c1. The molecule has 0 saturated heterocycles. The maximum absolute atomic E-state index is 13.5. The van der Waals surface area contributed by atoms with Crippen molar-refractivity contribution in [3.05, 3.63) is 63.9 Å². The Balaban J connectivity index is 2.06. The van der Waals surface area contributed by atoms with E-state index < -0.39 is 11.8 Å². The fraction of sp³-hybridized carbons (Fsp3) is 0.0714. The summed E-state index contributed by atoms with van der Waals surface area (Å²) in [5.41, 5.74) is 6.70. The Labute approximate surface area is 118 Å². The van der Waals surface area contributed by atoms with Gasteiger partial charge in [0.2, 0.25) is 0 Å². The van der Waals surface area contributed by atoms with E-state index in [9.17, 15) is 9.18 Å². The lowest BCUT2D eigenvalue weighted by atomic mass is 10.2. The summed E-state index contributed by atoms with van der Waals surface area (Å²) in [5.74, 6) is -0.949. The standard InChI is InChI=1S/C14H11BrFNO2/c15-11-4-5-13(16)10(6-11)8-19-14(18)9-2-1-3-12(17)7-9/h1-7H,8,17H2. The number of nitrogen functional groups attached to an aromatic ring is 1. The van der Waals surface area contributed by atoms with Gasteiger partial charge < -0.3 is 10.5 Å². The number of nitrogens with two attached hydrogens (primary N) is 1. The molecule has 19 heavy (non-hydrogen) atoms. The molecule has 0 aliphatic rings. The van der Waals surface area contributed by atoms with Crippen LogP contribution in [0.1, 0.15) is 15.9 Å². The fourth-order valence-corrected chi connectivity index (χ4v) is 1.95. The number of ether oxygens (including phenoxy) is 1. The average Bonchev–Trinajstić information content (AvgIpc) is 2.39. The summed E-state index contributed by atoms with van der Waals surface area (Å²) in [6.07, 6.45) is 0. The number of carbonyl (C=O) groups is 1. The lowest BCUT2D eigenvalue weighted by Gasteiger charge is -2.07. The van der Waals surface area contributed by atoms with Gasteiger partial charge in [-0.2, -0.15) is 0 Å². The van der Waals surface area contributed by atoms with Crippen molar-refractivity contribution in [2.45, 2.75) is 6.61 Å². The molecule has 5 heteroatoms. The van der Waals surface area contributed by atoms with Crippen LogP contribution < -0.4 is 5.73 Å². The van der Waals surface area contributed by atoms with Gasteiger partial charge in [0.15, 0.2) is 0 Å². The number of anilines is 1. The minimum absolute atomic E-state index is 0.126. The number of esters is 1. The van der Waals surface area contributed by atoms with E-state index in [2.05, 4.69) is 15.9 Å². The van der Waals surface area contributed by atoms with E-state index in [1.54, 1.807) is 30.3 Å². The Hall–Kier alpha value is -1.88. The Morgan fingerprint density at radius 2 is 2.05 bits per heavy atom. The second-order valence-electron chi connectivity index (χ2n) is 3.94. The molecule has 0 unspecified atom stereocenters. The number of rotatable bonds is 3. The number of benzene rings is 2. The molecular weight excluding hydrogens is 313 g/mol. The van der Waals surface area contributed by atoms with E-state index in [4.69, 9.17) is 10.5 Å². The first-order valence-corrected chi connectivity index (χ1v) is 6.32. The van der Waals surface area contributed by atoms with Gasteiger partial charge in [-0.25, -0.2) is 9.18 Å². The number of halogens is 2. The maximum Gasteiger partial charge on any atom is 0.338 e. The molecule has 0 amide bonds. The molecule has 3 nitrogen and oxygen atoms in total. The second-order valence-corrected chi connectivity index (χ2v) is 4.85. The van der Waals surface area contributed by atoms with Crippen LogP contribution in [0.25, 0.3) is 0 Å². The molecule has 0 heterocycles. The van der Waals surface area contributed by atoms with Crippen LogP contribution in [-0.2, 0) is 11.3 Å². The van der Waals surface area contributed by atoms with Crippen molar-refractivity contribution in [3.8, 4) is 0 Å². The number of hydrogen-bond acceptors (Lipinski definition) is 3. The summed E-state index contributed by atoms with van der Waals surface area (Å²) >= 11 is 3.23. The van der Waals surface area contributed by atoms with Gasteiger partial charge in [-0.1, -0.05) is 22.0 Å². The molecular formula is C14H11BrFNO2. The van der Waals surface area contributed by atoms with E-state index in [-0.39, 0.29) is 6.61 Å². The first-order chi connectivity index (χ1) is 9.06. The predicted octanol–water partition coefficient (Wildman–Crippen LogP) is 3.53. The lowest BCUT2D eigenvalue weighted by Crippen LogP contribution is -2.06. The van der Waals surface area contributed by atoms with Gasteiger partial charge >= 0.3 is 5.97 Å². The minimum Gasteiger partial charge on any atom is -0.457 e. The van der Waals surface area contributed by atoms with Crippen molar-refractivity contribution >= 4 is 27.6 Å². The highest BCUT2D eigenvalue weighted by molar-refractivity contribution is 9.10. The van der Waals surface area contributed by atoms with Crippen LogP contribution in [-0.4, -0.2) is 5.97 Å². The number of carbonyl (C=O) groups excluding carboxylic acids is 1. The van der Waals surface area contributed by atoms with Gasteiger partial charge in [-0.3, -0.25) is 0 Å². The summed E-state index contributed by atoms with van der Waals surface area (Å²) in [6, 6.07) is 10.9. The fourth-order valence-electron chi connectivity index (χ4n) is 1.55. The highest BCUT2D eigenvalue weighted by Crippen LogP contribution is 2.17. The summed E-state index contributed by atoms with van der Waals surface area (Å²) in [5, 5.41) is 0. The lowest BCUT2D eigenvalue weighted by molar-refractivity contribution is 0.0469. The number of hydrogen-bond donors (Lipinski definition) is 1. The van der Waals surface area contributed by atoms with Gasteiger partial charge in [-0.15, -0.1) is 0 Å². The van der Waals surface area contributed by atoms with Crippen LogP contribution in [0.3, 0.4) is 0 Å². The predicted molar refractivity (Wildman–Crippen MR) is 74.1 cm³/mol. The van der Waals surface area contributed by atoms with Crippen molar-refractivity contribution in [1.82, 2.24) is 0 Å².